The number of ketones is 1. The predicted molar refractivity (Wildman–Crippen MR) is 104 cm³/mol. The summed E-state index contributed by atoms with van der Waals surface area (Å²) in [6.07, 6.45) is 3.09. The van der Waals surface area contributed by atoms with Gasteiger partial charge in [0.25, 0.3) is 5.91 Å². The molecule has 2 unspecified atom stereocenters. The molecular weight excluding hydrogens is 348 g/mol. The van der Waals surface area contributed by atoms with Crippen LogP contribution >= 0.6 is 12.4 Å². The van der Waals surface area contributed by atoms with E-state index in [-0.39, 0.29) is 36.2 Å². The maximum atomic E-state index is 13.3. The highest BCUT2D eigenvalue weighted by Crippen LogP contribution is 2.30. The smallest absolute Gasteiger partial charge is 0.255 e. The third-order valence-electron chi connectivity index (χ3n) is 5.33. The highest BCUT2D eigenvalue weighted by Gasteiger charge is 2.39. The first kappa shape index (κ1) is 18.6. The number of halogens is 1. The van der Waals surface area contributed by atoms with Gasteiger partial charge in [0, 0.05) is 29.8 Å². The second-order valence-corrected chi connectivity index (χ2v) is 6.83. The molecule has 0 radical (unpaired) electrons. The van der Waals surface area contributed by atoms with E-state index in [9.17, 15) is 9.59 Å². The Morgan fingerprint density at radius 3 is 2.27 bits per heavy atom. The molecule has 2 aromatic carbocycles. The van der Waals surface area contributed by atoms with Crippen LogP contribution in [0.5, 0.6) is 0 Å². The first-order chi connectivity index (χ1) is 12.3. The number of fused-ring (bicyclic) bond motifs is 2. The molecule has 0 spiro atoms. The van der Waals surface area contributed by atoms with Crippen LogP contribution in [-0.2, 0) is 0 Å². The Balaban J connectivity index is 0.00000196. The molecule has 1 amide bonds. The summed E-state index contributed by atoms with van der Waals surface area (Å²) in [5, 5.41) is 3.42. The number of rotatable bonds is 3. The number of amides is 1. The third kappa shape index (κ3) is 3.39. The van der Waals surface area contributed by atoms with E-state index in [1.165, 1.54) is 0 Å². The van der Waals surface area contributed by atoms with Crippen LogP contribution < -0.4 is 5.32 Å². The van der Waals surface area contributed by atoms with Crippen molar-refractivity contribution in [3.8, 4) is 0 Å². The van der Waals surface area contributed by atoms with Gasteiger partial charge in [-0.15, -0.1) is 12.4 Å². The van der Waals surface area contributed by atoms with Gasteiger partial charge in [-0.25, -0.2) is 0 Å². The van der Waals surface area contributed by atoms with Crippen LogP contribution in [0.1, 0.15) is 45.5 Å². The average Bonchev–Trinajstić information content (AvgIpc) is 2.94. The Bertz CT molecular complexity index is 780. The Morgan fingerprint density at radius 1 is 0.846 bits per heavy atom. The molecule has 2 atom stereocenters. The van der Waals surface area contributed by atoms with Gasteiger partial charge in [-0.3, -0.25) is 9.59 Å². The van der Waals surface area contributed by atoms with Crippen molar-refractivity contribution in [3.05, 3.63) is 71.3 Å². The maximum Gasteiger partial charge on any atom is 0.255 e. The fourth-order valence-electron chi connectivity index (χ4n) is 4.07. The molecule has 1 N–H and O–H groups in total. The first-order valence-electron chi connectivity index (χ1n) is 8.98. The first-order valence-corrected chi connectivity index (χ1v) is 8.98. The molecule has 5 heteroatoms. The van der Waals surface area contributed by atoms with Gasteiger partial charge < -0.3 is 10.2 Å². The minimum atomic E-state index is -0.0927. The number of hydrogen-bond donors (Lipinski definition) is 1. The highest BCUT2D eigenvalue weighted by molar-refractivity contribution is 6.15. The minimum absolute atomic E-state index is 0. The number of nitrogens with zero attached hydrogens (tertiary/aromatic N) is 1. The number of benzene rings is 2. The molecule has 2 aliphatic heterocycles. The number of nitrogens with one attached hydrogen (secondary N) is 1. The van der Waals surface area contributed by atoms with Crippen molar-refractivity contribution >= 4 is 24.1 Å². The van der Waals surface area contributed by atoms with E-state index in [2.05, 4.69) is 5.32 Å². The molecule has 26 heavy (non-hydrogen) atoms. The van der Waals surface area contributed by atoms with Crippen LogP contribution in [0.25, 0.3) is 0 Å². The lowest BCUT2D eigenvalue weighted by Gasteiger charge is -2.28. The molecule has 4 rings (SSSR count). The topological polar surface area (TPSA) is 49.4 Å². The van der Waals surface area contributed by atoms with E-state index in [1.54, 1.807) is 24.3 Å². The van der Waals surface area contributed by atoms with Crippen molar-refractivity contribution in [2.24, 2.45) is 0 Å². The molecule has 0 aromatic heterocycles. The van der Waals surface area contributed by atoms with Crippen molar-refractivity contribution < 1.29 is 9.59 Å². The lowest BCUT2D eigenvalue weighted by atomic mass is 9.97. The van der Waals surface area contributed by atoms with Gasteiger partial charge in [-0.2, -0.15) is 0 Å². The van der Waals surface area contributed by atoms with Crippen molar-refractivity contribution in [2.75, 3.05) is 13.1 Å². The van der Waals surface area contributed by atoms with Crippen LogP contribution in [0, 0.1) is 0 Å². The average molecular weight is 371 g/mol. The van der Waals surface area contributed by atoms with Crippen LogP contribution in [-0.4, -0.2) is 41.8 Å². The molecule has 2 bridgehead atoms. The fraction of sp³-hybridized carbons (Fsp3) is 0.333. The number of hydrogen-bond acceptors (Lipinski definition) is 3. The van der Waals surface area contributed by atoms with Crippen molar-refractivity contribution in [2.45, 2.75) is 31.3 Å². The van der Waals surface area contributed by atoms with E-state index in [0.717, 1.165) is 32.4 Å². The Morgan fingerprint density at radius 2 is 1.50 bits per heavy atom. The molecule has 4 nitrogen and oxygen atoms in total. The predicted octanol–water partition coefficient (Wildman–Crippen LogP) is 3.31. The zero-order chi connectivity index (χ0) is 17.2. The third-order valence-corrected chi connectivity index (χ3v) is 5.33. The molecule has 2 fully saturated rings. The van der Waals surface area contributed by atoms with Crippen LogP contribution in [0.2, 0.25) is 0 Å². The largest absolute Gasteiger partial charge is 0.331 e. The van der Waals surface area contributed by atoms with E-state index < -0.39 is 0 Å². The highest BCUT2D eigenvalue weighted by atomic mass is 35.5. The van der Waals surface area contributed by atoms with Crippen molar-refractivity contribution in [1.82, 2.24) is 10.2 Å². The SMILES string of the molecule is Cl.O=C(c1ccccc1)c1ccccc1C(=O)N1C2CCNCC1CC2. The normalized spacial score (nSPS) is 21.6. The van der Waals surface area contributed by atoms with Crippen molar-refractivity contribution in [3.63, 3.8) is 0 Å². The van der Waals surface area contributed by atoms with Gasteiger partial charge in [0.2, 0.25) is 0 Å². The van der Waals surface area contributed by atoms with Crippen LogP contribution in [0.3, 0.4) is 0 Å². The summed E-state index contributed by atoms with van der Waals surface area (Å²) in [6.45, 7) is 1.80. The molecule has 136 valence electrons. The Hall–Kier alpha value is -2.17. The maximum absolute atomic E-state index is 13.3. The number of carbonyl (C=O) groups is 2. The zero-order valence-electron chi connectivity index (χ0n) is 14.6. The Labute approximate surface area is 160 Å². The molecule has 2 aromatic rings. The van der Waals surface area contributed by atoms with Gasteiger partial charge in [0.1, 0.15) is 0 Å². The summed E-state index contributed by atoms with van der Waals surface area (Å²) in [7, 11) is 0. The van der Waals surface area contributed by atoms with Gasteiger partial charge in [0.15, 0.2) is 5.78 Å². The van der Waals surface area contributed by atoms with Crippen molar-refractivity contribution in [1.29, 1.82) is 0 Å². The molecule has 0 aliphatic carbocycles. The van der Waals surface area contributed by atoms with E-state index >= 15 is 0 Å². The second-order valence-electron chi connectivity index (χ2n) is 6.83. The lowest BCUT2D eigenvalue weighted by Crippen LogP contribution is -2.43. The summed E-state index contributed by atoms with van der Waals surface area (Å²) >= 11 is 0. The molecule has 2 aliphatic rings. The van der Waals surface area contributed by atoms with Crippen LogP contribution in [0.15, 0.2) is 54.6 Å². The quantitative estimate of drug-likeness (QED) is 0.843. The summed E-state index contributed by atoms with van der Waals surface area (Å²) in [5.74, 6) is -0.0964. The summed E-state index contributed by atoms with van der Waals surface area (Å²) < 4.78 is 0. The fourth-order valence-corrected chi connectivity index (χ4v) is 4.07. The monoisotopic (exact) mass is 370 g/mol. The van der Waals surface area contributed by atoms with E-state index in [4.69, 9.17) is 0 Å². The lowest BCUT2D eigenvalue weighted by molar-refractivity contribution is 0.0676. The molecule has 2 heterocycles. The van der Waals surface area contributed by atoms with Gasteiger partial charge in [-0.05, 0) is 31.9 Å². The summed E-state index contributed by atoms with van der Waals surface area (Å²) in [4.78, 5) is 28.3. The van der Waals surface area contributed by atoms with Gasteiger partial charge in [-0.1, -0.05) is 48.5 Å². The van der Waals surface area contributed by atoms with Gasteiger partial charge in [0.05, 0.1) is 5.56 Å². The minimum Gasteiger partial charge on any atom is -0.331 e. The zero-order valence-corrected chi connectivity index (χ0v) is 15.4. The second kappa shape index (κ2) is 8.02. The van der Waals surface area contributed by atoms with E-state index in [1.807, 2.05) is 35.2 Å². The standard InChI is InChI=1S/C21H22N2O2.ClH/c24-20(15-6-2-1-3-7-15)18-8-4-5-9-19(18)21(25)23-16-10-11-17(23)14-22-13-12-16;/h1-9,16-17,22H,10-14H2;1H. The van der Waals surface area contributed by atoms with Gasteiger partial charge >= 0.3 is 0 Å². The van der Waals surface area contributed by atoms with E-state index in [0.29, 0.717) is 16.7 Å². The Kier molecular flexibility index (Phi) is 5.74. The van der Waals surface area contributed by atoms with Crippen LogP contribution in [0.4, 0.5) is 0 Å². The summed E-state index contributed by atoms with van der Waals surface area (Å²) in [5.41, 5.74) is 1.63. The molecular formula is C21H23ClN2O2. The summed E-state index contributed by atoms with van der Waals surface area (Å²) in [6, 6.07) is 16.9. The molecule has 0 saturated carbocycles. The molecule has 2 saturated heterocycles. The number of carbonyl (C=O) groups excluding carboxylic acids is 2.